The van der Waals surface area contributed by atoms with Gasteiger partial charge in [0.1, 0.15) is 0 Å². The molecule has 1 aliphatic carbocycles. The van der Waals surface area contributed by atoms with Crippen LogP contribution in [-0.4, -0.2) is 17.9 Å². The fraction of sp³-hybridized carbons (Fsp3) is 0.304. The van der Waals surface area contributed by atoms with Gasteiger partial charge in [-0.05, 0) is 60.7 Å². The van der Waals surface area contributed by atoms with Gasteiger partial charge in [-0.1, -0.05) is 55.3 Å². The normalized spacial score (nSPS) is 22.7. The second-order valence-corrected chi connectivity index (χ2v) is 9.19. The Bertz CT molecular complexity index is 989. The van der Waals surface area contributed by atoms with E-state index >= 15 is 0 Å². The maximum absolute atomic E-state index is 12.7. The number of amides is 2. The van der Waals surface area contributed by atoms with Crippen molar-refractivity contribution in [3.63, 3.8) is 0 Å². The van der Waals surface area contributed by atoms with Gasteiger partial charge in [-0.25, -0.2) is 0 Å². The zero-order chi connectivity index (χ0) is 20.4. The first-order chi connectivity index (χ1) is 14.0. The van der Waals surface area contributed by atoms with E-state index in [0.717, 1.165) is 29.7 Å². The topological polar surface area (TPSA) is 58.2 Å². The standard InChI is InChI=1S/C23H23ClN2O2S/c1-14-5-2-3-8-18(14)25-22(27)16-9-10-20-19(13-16)26-23(28)21(29-20)12-15-6-4-7-17(24)11-15/h4,6-7,9-14,18H,2-3,5,8H2,1H3,(H,25,27)(H,26,28). The molecule has 1 heterocycles. The van der Waals surface area contributed by atoms with Gasteiger partial charge in [-0.15, -0.1) is 0 Å². The Hall–Kier alpha value is -2.24. The molecule has 2 aromatic carbocycles. The number of halogens is 1. The Kier molecular flexibility index (Phi) is 5.97. The van der Waals surface area contributed by atoms with E-state index < -0.39 is 0 Å². The molecule has 1 fully saturated rings. The van der Waals surface area contributed by atoms with Crippen LogP contribution < -0.4 is 10.6 Å². The van der Waals surface area contributed by atoms with Crippen LogP contribution >= 0.6 is 23.4 Å². The molecule has 2 unspecified atom stereocenters. The molecule has 150 valence electrons. The molecule has 0 spiro atoms. The highest BCUT2D eigenvalue weighted by molar-refractivity contribution is 8.04. The van der Waals surface area contributed by atoms with Crippen LogP contribution in [0.25, 0.3) is 6.08 Å². The molecule has 2 amide bonds. The smallest absolute Gasteiger partial charge is 0.262 e. The number of fused-ring (bicyclic) bond motifs is 1. The molecule has 4 rings (SSSR count). The third-order valence-electron chi connectivity index (χ3n) is 5.51. The van der Waals surface area contributed by atoms with Gasteiger partial charge in [-0.3, -0.25) is 9.59 Å². The van der Waals surface area contributed by atoms with E-state index in [-0.39, 0.29) is 17.9 Å². The summed E-state index contributed by atoms with van der Waals surface area (Å²) in [7, 11) is 0. The summed E-state index contributed by atoms with van der Waals surface area (Å²) in [4.78, 5) is 26.8. The van der Waals surface area contributed by atoms with Crippen LogP contribution in [0, 0.1) is 5.92 Å². The van der Waals surface area contributed by atoms with Crippen molar-refractivity contribution < 1.29 is 9.59 Å². The summed E-state index contributed by atoms with van der Waals surface area (Å²) in [5.74, 6) is 0.242. The lowest BCUT2D eigenvalue weighted by molar-refractivity contribution is -0.112. The van der Waals surface area contributed by atoms with E-state index in [2.05, 4.69) is 17.6 Å². The van der Waals surface area contributed by atoms with Crippen molar-refractivity contribution in [1.29, 1.82) is 0 Å². The number of carbonyl (C=O) groups excluding carboxylic acids is 2. The average molecular weight is 427 g/mol. The Morgan fingerprint density at radius 2 is 2.03 bits per heavy atom. The Morgan fingerprint density at radius 1 is 1.21 bits per heavy atom. The molecule has 2 aliphatic rings. The highest BCUT2D eigenvalue weighted by atomic mass is 35.5. The van der Waals surface area contributed by atoms with Crippen LogP contribution in [0.5, 0.6) is 0 Å². The summed E-state index contributed by atoms with van der Waals surface area (Å²) in [6, 6.07) is 13.1. The van der Waals surface area contributed by atoms with Crippen molar-refractivity contribution in [2.75, 3.05) is 5.32 Å². The van der Waals surface area contributed by atoms with E-state index in [4.69, 9.17) is 11.6 Å². The van der Waals surface area contributed by atoms with Gasteiger partial charge in [-0.2, -0.15) is 0 Å². The first-order valence-corrected chi connectivity index (χ1v) is 11.1. The third-order valence-corrected chi connectivity index (χ3v) is 6.84. The summed E-state index contributed by atoms with van der Waals surface area (Å²) >= 11 is 7.43. The Morgan fingerprint density at radius 3 is 2.83 bits per heavy atom. The molecular weight excluding hydrogens is 404 g/mol. The molecule has 2 aromatic rings. The zero-order valence-electron chi connectivity index (χ0n) is 16.2. The van der Waals surface area contributed by atoms with Crippen molar-refractivity contribution in [3.8, 4) is 0 Å². The van der Waals surface area contributed by atoms with Gasteiger partial charge in [0.05, 0.1) is 10.6 Å². The molecular formula is C23H23ClN2O2S. The lowest BCUT2D eigenvalue weighted by Gasteiger charge is -2.29. The highest BCUT2D eigenvalue weighted by Gasteiger charge is 2.25. The lowest BCUT2D eigenvalue weighted by Crippen LogP contribution is -2.41. The van der Waals surface area contributed by atoms with E-state index in [1.165, 1.54) is 18.2 Å². The first kappa shape index (κ1) is 20.0. The van der Waals surface area contributed by atoms with Crippen LogP contribution in [0.3, 0.4) is 0 Å². The van der Waals surface area contributed by atoms with Gasteiger partial charge in [0.25, 0.3) is 11.8 Å². The Labute approximate surface area is 180 Å². The van der Waals surface area contributed by atoms with Crippen LogP contribution in [-0.2, 0) is 4.79 Å². The van der Waals surface area contributed by atoms with Crippen LogP contribution in [0.4, 0.5) is 5.69 Å². The molecule has 2 atom stereocenters. The average Bonchev–Trinajstić information content (AvgIpc) is 2.70. The SMILES string of the molecule is CC1CCCCC1NC(=O)c1ccc2c(c1)NC(=O)C(=Cc1cccc(Cl)c1)S2. The van der Waals surface area contributed by atoms with E-state index in [9.17, 15) is 9.59 Å². The monoisotopic (exact) mass is 426 g/mol. The number of thioether (sulfide) groups is 1. The fourth-order valence-electron chi connectivity index (χ4n) is 3.83. The van der Waals surface area contributed by atoms with Gasteiger partial charge in [0.2, 0.25) is 0 Å². The first-order valence-electron chi connectivity index (χ1n) is 9.91. The molecule has 0 bridgehead atoms. The molecule has 2 N–H and O–H groups in total. The predicted octanol–water partition coefficient (Wildman–Crippen LogP) is 5.73. The number of nitrogens with one attached hydrogen (secondary N) is 2. The molecule has 6 heteroatoms. The summed E-state index contributed by atoms with van der Waals surface area (Å²) in [6.45, 7) is 2.20. The van der Waals surface area contributed by atoms with Crippen LogP contribution in [0.2, 0.25) is 5.02 Å². The van der Waals surface area contributed by atoms with Crippen LogP contribution in [0.1, 0.15) is 48.5 Å². The molecule has 0 saturated heterocycles. The minimum Gasteiger partial charge on any atom is -0.349 e. The molecule has 1 aliphatic heterocycles. The van der Waals surface area contributed by atoms with Gasteiger partial charge in [0, 0.05) is 21.5 Å². The molecule has 1 saturated carbocycles. The summed E-state index contributed by atoms with van der Waals surface area (Å²) < 4.78 is 0. The van der Waals surface area contributed by atoms with Gasteiger partial charge in [0.15, 0.2) is 0 Å². The van der Waals surface area contributed by atoms with Crippen molar-refractivity contribution >= 4 is 46.9 Å². The van der Waals surface area contributed by atoms with Crippen LogP contribution in [0.15, 0.2) is 52.3 Å². The van der Waals surface area contributed by atoms with Crippen molar-refractivity contribution in [2.24, 2.45) is 5.92 Å². The minimum atomic E-state index is -0.180. The van der Waals surface area contributed by atoms with E-state index in [1.807, 2.05) is 36.4 Å². The highest BCUT2D eigenvalue weighted by Crippen LogP contribution is 2.39. The largest absolute Gasteiger partial charge is 0.349 e. The quantitative estimate of drug-likeness (QED) is 0.616. The van der Waals surface area contributed by atoms with Crippen molar-refractivity contribution in [3.05, 3.63) is 63.5 Å². The number of hydrogen-bond donors (Lipinski definition) is 2. The lowest BCUT2D eigenvalue weighted by atomic mass is 9.86. The second kappa shape index (κ2) is 8.64. The van der Waals surface area contributed by atoms with Gasteiger partial charge < -0.3 is 10.6 Å². The minimum absolute atomic E-state index is 0.0777. The summed E-state index contributed by atoms with van der Waals surface area (Å²) in [6.07, 6.45) is 6.40. The maximum Gasteiger partial charge on any atom is 0.262 e. The molecule has 0 aromatic heterocycles. The number of rotatable bonds is 3. The maximum atomic E-state index is 12.7. The van der Waals surface area contributed by atoms with E-state index in [1.54, 1.807) is 12.1 Å². The van der Waals surface area contributed by atoms with Crippen molar-refractivity contribution in [1.82, 2.24) is 5.32 Å². The number of carbonyl (C=O) groups is 2. The zero-order valence-corrected chi connectivity index (χ0v) is 17.8. The fourth-order valence-corrected chi connectivity index (χ4v) is 4.96. The molecule has 29 heavy (non-hydrogen) atoms. The predicted molar refractivity (Wildman–Crippen MR) is 119 cm³/mol. The summed E-state index contributed by atoms with van der Waals surface area (Å²) in [5.41, 5.74) is 2.12. The van der Waals surface area contributed by atoms with E-state index in [0.29, 0.717) is 27.1 Å². The van der Waals surface area contributed by atoms with Crippen molar-refractivity contribution in [2.45, 2.75) is 43.5 Å². The molecule has 4 nitrogen and oxygen atoms in total. The number of benzene rings is 2. The van der Waals surface area contributed by atoms with Gasteiger partial charge >= 0.3 is 0 Å². The Balaban J connectivity index is 1.51. The third kappa shape index (κ3) is 4.68. The molecule has 0 radical (unpaired) electrons. The number of hydrogen-bond acceptors (Lipinski definition) is 3. The number of anilines is 1. The second-order valence-electron chi connectivity index (χ2n) is 7.67. The summed E-state index contributed by atoms with van der Waals surface area (Å²) in [5, 5.41) is 6.71.